The van der Waals surface area contributed by atoms with E-state index in [0.717, 1.165) is 16.9 Å². The van der Waals surface area contributed by atoms with E-state index in [0.29, 0.717) is 18.1 Å². The minimum absolute atomic E-state index is 0.122. The quantitative estimate of drug-likeness (QED) is 0.398. The third kappa shape index (κ3) is 4.37. The molecule has 0 saturated carbocycles. The van der Waals surface area contributed by atoms with E-state index in [1.54, 1.807) is 7.11 Å². The topological polar surface area (TPSA) is 108 Å². The fourth-order valence-electron chi connectivity index (χ4n) is 2.14. The van der Waals surface area contributed by atoms with Gasteiger partial charge in [-0.1, -0.05) is 29.8 Å². The lowest BCUT2D eigenvalue weighted by atomic mass is 10.2. The molecule has 0 amide bonds. The third-order valence-corrected chi connectivity index (χ3v) is 3.58. The molecule has 3 aromatic rings. The largest absolute Gasteiger partial charge is 0.497 e. The van der Waals surface area contributed by atoms with Crippen LogP contribution in [0.1, 0.15) is 16.8 Å². The van der Waals surface area contributed by atoms with Crippen LogP contribution in [0.3, 0.4) is 0 Å². The number of nitrogens with two attached hydrogens (primary N) is 1. The molecule has 0 aliphatic rings. The number of rotatable bonds is 6. The first-order valence-corrected chi connectivity index (χ1v) is 7.90. The SMILES string of the molecule is COc1ccc(CONC(=Nc2ccc(C)cc2)c2nonc2N)cc1. The number of ether oxygens (including phenoxy) is 1. The van der Waals surface area contributed by atoms with Crippen LogP contribution < -0.4 is 16.0 Å². The molecule has 134 valence electrons. The maximum absolute atomic E-state index is 5.78. The number of aryl methyl sites for hydroxylation is 1. The molecule has 0 unspecified atom stereocenters. The average Bonchev–Trinajstić information content (AvgIpc) is 3.09. The minimum Gasteiger partial charge on any atom is -0.497 e. The van der Waals surface area contributed by atoms with Gasteiger partial charge in [0.05, 0.1) is 19.4 Å². The van der Waals surface area contributed by atoms with E-state index >= 15 is 0 Å². The molecule has 2 aromatic carbocycles. The van der Waals surface area contributed by atoms with Crippen LogP contribution >= 0.6 is 0 Å². The van der Waals surface area contributed by atoms with Crippen molar-refractivity contribution < 1.29 is 14.2 Å². The Morgan fingerprint density at radius 3 is 2.46 bits per heavy atom. The van der Waals surface area contributed by atoms with Gasteiger partial charge in [0, 0.05) is 0 Å². The number of methoxy groups -OCH3 is 1. The van der Waals surface area contributed by atoms with Crippen LogP contribution in [0, 0.1) is 6.92 Å². The Bertz CT molecular complexity index is 873. The molecule has 3 rings (SSSR count). The predicted octanol–water partition coefficient (Wildman–Crippen LogP) is 2.77. The maximum Gasteiger partial charge on any atom is 0.199 e. The van der Waals surface area contributed by atoms with E-state index in [2.05, 4.69) is 25.4 Å². The van der Waals surface area contributed by atoms with Gasteiger partial charge in [0.1, 0.15) is 5.75 Å². The zero-order chi connectivity index (χ0) is 18.4. The molecular formula is C18H19N5O3. The van der Waals surface area contributed by atoms with Gasteiger partial charge < -0.3 is 10.5 Å². The summed E-state index contributed by atoms with van der Waals surface area (Å²) in [4.78, 5) is 10.0. The number of nitrogens with one attached hydrogen (secondary N) is 1. The Balaban J connectivity index is 1.73. The summed E-state index contributed by atoms with van der Waals surface area (Å²) in [5.41, 5.74) is 11.6. The highest BCUT2D eigenvalue weighted by Gasteiger charge is 2.14. The van der Waals surface area contributed by atoms with Gasteiger partial charge in [-0.25, -0.2) is 15.1 Å². The van der Waals surface area contributed by atoms with E-state index in [1.807, 2.05) is 55.5 Å². The van der Waals surface area contributed by atoms with Crippen LogP contribution in [0.25, 0.3) is 0 Å². The molecule has 0 atom stereocenters. The minimum atomic E-state index is 0.122. The Morgan fingerprint density at radius 1 is 1.12 bits per heavy atom. The lowest BCUT2D eigenvalue weighted by Crippen LogP contribution is -2.25. The fourth-order valence-corrected chi connectivity index (χ4v) is 2.14. The van der Waals surface area contributed by atoms with Gasteiger partial charge in [-0.15, -0.1) is 0 Å². The van der Waals surface area contributed by atoms with E-state index < -0.39 is 0 Å². The molecule has 1 aromatic heterocycles. The first kappa shape index (κ1) is 17.4. The molecular weight excluding hydrogens is 334 g/mol. The Morgan fingerprint density at radius 2 is 1.85 bits per heavy atom. The zero-order valence-corrected chi connectivity index (χ0v) is 14.5. The fraction of sp³-hybridized carbons (Fsp3) is 0.167. The maximum atomic E-state index is 5.78. The van der Waals surface area contributed by atoms with Crippen LogP contribution in [0.5, 0.6) is 5.75 Å². The van der Waals surface area contributed by atoms with Crippen molar-refractivity contribution in [3.8, 4) is 5.75 Å². The summed E-state index contributed by atoms with van der Waals surface area (Å²) in [7, 11) is 1.62. The van der Waals surface area contributed by atoms with E-state index in [4.69, 9.17) is 15.3 Å². The number of anilines is 1. The average molecular weight is 353 g/mol. The highest BCUT2D eigenvalue weighted by molar-refractivity contribution is 6.01. The van der Waals surface area contributed by atoms with Gasteiger partial charge in [0.2, 0.25) is 0 Å². The highest BCUT2D eigenvalue weighted by Crippen LogP contribution is 2.16. The number of nitrogens with zero attached hydrogens (tertiary/aromatic N) is 3. The second-order valence-electron chi connectivity index (χ2n) is 5.53. The zero-order valence-electron chi connectivity index (χ0n) is 14.5. The van der Waals surface area contributed by atoms with Crippen molar-refractivity contribution >= 4 is 17.3 Å². The van der Waals surface area contributed by atoms with Gasteiger partial charge in [-0.05, 0) is 47.1 Å². The number of nitrogen functional groups attached to an aromatic ring is 1. The van der Waals surface area contributed by atoms with Gasteiger partial charge >= 0.3 is 0 Å². The van der Waals surface area contributed by atoms with Crippen LogP contribution in [-0.4, -0.2) is 23.3 Å². The molecule has 1 heterocycles. The first-order valence-electron chi connectivity index (χ1n) is 7.90. The number of hydroxylamine groups is 1. The number of amidine groups is 1. The molecule has 0 radical (unpaired) electrons. The summed E-state index contributed by atoms with van der Waals surface area (Å²) in [5, 5.41) is 7.36. The van der Waals surface area contributed by atoms with Crippen molar-refractivity contribution in [2.24, 2.45) is 4.99 Å². The third-order valence-electron chi connectivity index (χ3n) is 3.58. The van der Waals surface area contributed by atoms with Crippen molar-refractivity contribution in [1.82, 2.24) is 15.8 Å². The van der Waals surface area contributed by atoms with Gasteiger partial charge in [-0.3, -0.25) is 4.84 Å². The normalized spacial score (nSPS) is 11.4. The summed E-state index contributed by atoms with van der Waals surface area (Å²) in [6.07, 6.45) is 0. The second-order valence-corrected chi connectivity index (χ2v) is 5.53. The summed E-state index contributed by atoms with van der Waals surface area (Å²) in [6, 6.07) is 15.2. The van der Waals surface area contributed by atoms with E-state index in [-0.39, 0.29) is 11.5 Å². The summed E-state index contributed by atoms with van der Waals surface area (Å²) in [5.74, 6) is 1.21. The lowest BCUT2D eigenvalue weighted by Gasteiger charge is -2.09. The molecule has 3 N–H and O–H groups in total. The second kappa shape index (κ2) is 8.13. The number of hydrogen-bond donors (Lipinski definition) is 2. The molecule has 8 nitrogen and oxygen atoms in total. The smallest absolute Gasteiger partial charge is 0.199 e. The molecule has 0 bridgehead atoms. The van der Waals surface area contributed by atoms with Crippen molar-refractivity contribution in [3.63, 3.8) is 0 Å². The number of hydrogen-bond acceptors (Lipinski definition) is 7. The Labute approximate surface area is 150 Å². The number of benzene rings is 2. The molecule has 0 saturated heterocycles. The summed E-state index contributed by atoms with van der Waals surface area (Å²) >= 11 is 0. The highest BCUT2D eigenvalue weighted by atomic mass is 16.6. The van der Waals surface area contributed by atoms with Crippen LogP contribution in [-0.2, 0) is 11.4 Å². The molecule has 0 aliphatic heterocycles. The number of aliphatic imine (C=N–C) groups is 1. The summed E-state index contributed by atoms with van der Waals surface area (Å²) < 4.78 is 9.79. The van der Waals surface area contributed by atoms with Crippen molar-refractivity contribution in [1.29, 1.82) is 0 Å². The van der Waals surface area contributed by atoms with Crippen LogP contribution in [0.2, 0.25) is 0 Å². The monoisotopic (exact) mass is 353 g/mol. The standard InChI is InChI=1S/C18H19N5O3/c1-12-3-7-14(8-4-12)20-18(16-17(19)22-26-21-16)23-25-11-13-5-9-15(24-2)10-6-13/h3-10H,11H2,1-2H3,(H2,19,22)(H,20,23). The van der Waals surface area contributed by atoms with Crippen molar-refractivity contribution in [2.45, 2.75) is 13.5 Å². The first-order chi connectivity index (χ1) is 12.7. The van der Waals surface area contributed by atoms with Crippen LogP contribution in [0.4, 0.5) is 11.5 Å². The Kier molecular flexibility index (Phi) is 5.45. The predicted molar refractivity (Wildman–Crippen MR) is 97.0 cm³/mol. The lowest BCUT2D eigenvalue weighted by molar-refractivity contribution is 0.0713. The van der Waals surface area contributed by atoms with Gasteiger partial charge in [0.25, 0.3) is 0 Å². The molecule has 0 spiro atoms. The Hall–Kier alpha value is -3.39. The van der Waals surface area contributed by atoms with E-state index in [9.17, 15) is 0 Å². The van der Waals surface area contributed by atoms with Gasteiger partial charge in [0.15, 0.2) is 17.3 Å². The van der Waals surface area contributed by atoms with Crippen molar-refractivity contribution in [2.75, 3.05) is 12.8 Å². The molecule has 26 heavy (non-hydrogen) atoms. The molecule has 0 fully saturated rings. The van der Waals surface area contributed by atoms with E-state index in [1.165, 1.54) is 0 Å². The van der Waals surface area contributed by atoms with Gasteiger partial charge in [-0.2, -0.15) is 0 Å². The van der Waals surface area contributed by atoms with Crippen LogP contribution in [0.15, 0.2) is 58.2 Å². The summed E-state index contributed by atoms with van der Waals surface area (Å²) in [6.45, 7) is 2.31. The molecule has 8 heteroatoms. The molecule has 0 aliphatic carbocycles. The van der Waals surface area contributed by atoms with Crippen molar-refractivity contribution in [3.05, 3.63) is 65.4 Å². The number of aromatic nitrogens is 2.